The molecule has 1 amide bonds. The maximum absolute atomic E-state index is 13.4. The van der Waals surface area contributed by atoms with E-state index in [9.17, 15) is 23.1 Å². The lowest BCUT2D eigenvalue weighted by atomic mass is 9.76. The summed E-state index contributed by atoms with van der Waals surface area (Å²) in [6, 6.07) is 25.1. The Labute approximate surface area is 193 Å². The summed E-state index contributed by atoms with van der Waals surface area (Å²) in [6.07, 6.45) is 0.431. The highest BCUT2D eigenvalue weighted by Crippen LogP contribution is 2.45. The van der Waals surface area contributed by atoms with E-state index in [0.717, 1.165) is 10.6 Å². The van der Waals surface area contributed by atoms with Crippen LogP contribution in [0.2, 0.25) is 0 Å². The van der Waals surface area contributed by atoms with Gasteiger partial charge in [-0.15, -0.1) is 0 Å². The molecule has 0 bridgehead atoms. The van der Waals surface area contributed by atoms with Gasteiger partial charge in [0.25, 0.3) is 0 Å². The molecule has 3 aromatic carbocycles. The fourth-order valence-electron chi connectivity index (χ4n) is 4.25. The molecular weight excluding hydrogens is 440 g/mol. The lowest BCUT2D eigenvalue weighted by Gasteiger charge is -2.46. The quantitative estimate of drug-likeness (QED) is 0.446. The fourth-order valence-corrected chi connectivity index (χ4v) is 5.72. The monoisotopic (exact) mass is 466 g/mol. The van der Waals surface area contributed by atoms with Crippen LogP contribution >= 0.6 is 0 Å². The molecule has 33 heavy (non-hydrogen) atoms. The van der Waals surface area contributed by atoms with Crippen molar-refractivity contribution in [2.75, 3.05) is 6.26 Å². The van der Waals surface area contributed by atoms with Gasteiger partial charge in [0.1, 0.15) is 11.6 Å². The second-order valence-electron chi connectivity index (χ2n) is 7.73. The Kier molecular flexibility index (Phi) is 7.30. The summed E-state index contributed by atoms with van der Waals surface area (Å²) in [7, 11) is -4.16. The normalized spacial score (nSPS) is 12.9. The van der Waals surface area contributed by atoms with E-state index in [1.165, 1.54) is 0 Å². The SMILES string of the molecule is CS(=O)(=O)N([C@@H](CCC(N)=O)C(=O)O)C(c1ccccc1)(c1ccccc1)c1ccccc1. The van der Waals surface area contributed by atoms with Crippen LogP contribution in [0, 0.1) is 0 Å². The fraction of sp³-hybridized carbons (Fsp3) is 0.200. The van der Waals surface area contributed by atoms with Crippen LogP contribution in [0.3, 0.4) is 0 Å². The number of amides is 1. The molecule has 0 aliphatic heterocycles. The van der Waals surface area contributed by atoms with Crippen molar-refractivity contribution in [1.82, 2.24) is 4.31 Å². The second-order valence-corrected chi connectivity index (χ2v) is 9.59. The first-order chi connectivity index (χ1) is 15.7. The Morgan fingerprint density at radius 2 is 1.21 bits per heavy atom. The molecule has 1 atom stereocenters. The number of nitrogens with two attached hydrogens (primary N) is 1. The molecule has 0 fully saturated rings. The zero-order valence-corrected chi connectivity index (χ0v) is 19.0. The number of primary amides is 1. The third-order valence-electron chi connectivity index (χ3n) is 5.49. The molecule has 0 unspecified atom stereocenters. The minimum absolute atomic E-state index is 0.272. The number of carboxylic acids is 1. The van der Waals surface area contributed by atoms with Gasteiger partial charge in [-0.2, -0.15) is 4.31 Å². The Bertz CT molecular complexity index is 1100. The van der Waals surface area contributed by atoms with Crippen molar-refractivity contribution in [3.05, 3.63) is 108 Å². The largest absolute Gasteiger partial charge is 0.480 e. The summed E-state index contributed by atoms with van der Waals surface area (Å²) in [5, 5.41) is 10.2. The summed E-state index contributed by atoms with van der Waals surface area (Å²) >= 11 is 0. The predicted octanol–water partition coefficient (Wildman–Crippen LogP) is 2.96. The molecule has 0 heterocycles. The van der Waals surface area contributed by atoms with Gasteiger partial charge in [-0.25, -0.2) is 8.42 Å². The molecular formula is C25H26N2O5S. The van der Waals surface area contributed by atoms with E-state index < -0.39 is 33.5 Å². The van der Waals surface area contributed by atoms with E-state index in [4.69, 9.17) is 5.73 Å². The van der Waals surface area contributed by atoms with Crippen molar-refractivity contribution in [3.63, 3.8) is 0 Å². The highest BCUT2D eigenvalue weighted by molar-refractivity contribution is 7.88. The van der Waals surface area contributed by atoms with Gasteiger partial charge in [-0.3, -0.25) is 9.59 Å². The van der Waals surface area contributed by atoms with Gasteiger partial charge in [-0.1, -0.05) is 91.0 Å². The van der Waals surface area contributed by atoms with Gasteiger partial charge >= 0.3 is 5.97 Å². The molecule has 0 saturated carbocycles. The smallest absolute Gasteiger partial charge is 0.322 e. The predicted molar refractivity (Wildman–Crippen MR) is 126 cm³/mol. The minimum atomic E-state index is -4.16. The molecule has 3 N–H and O–H groups in total. The maximum atomic E-state index is 13.4. The van der Waals surface area contributed by atoms with Crippen molar-refractivity contribution >= 4 is 21.9 Å². The number of hydrogen-bond acceptors (Lipinski definition) is 4. The molecule has 172 valence electrons. The standard InChI is InChI=1S/C25H26N2O5S/c1-33(31,32)27(22(24(29)30)17-18-23(26)28)25(19-11-5-2-6-12-19,20-13-7-3-8-14-20)21-15-9-4-10-16-21/h2-16,22H,17-18H2,1H3,(H2,26,28)(H,29,30)/t22-/m0/s1. The van der Waals surface area contributed by atoms with Crippen molar-refractivity contribution in [3.8, 4) is 0 Å². The molecule has 0 saturated heterocycles. The van der Waals surface area contributed by atoms with Gasteiger partial charge in [0.05, 0.1) is 6.26 Å². The number of rotatable bonds is 10. The van der Waals surface area contributed by atoms with Crippen molar-refractivity contribution in [2.45, 2.75) is 24.4 Å². The van der Waals surface area contributed by atoms with Crippen molar-refractivity contribution in [1.29, 1.82) is 0 Å². The number of hydrogen-bond donors (Lipinski definition) is 2. The Morgan fingerprint density at radius 3 is 1.48 bits per heavy atom. The summed E-state index contributed by atoms with van der Waals surface area (Å²) < 4.78 is 27.9. The lowest BCUT2D eigenvalue weighted by molar-refractivity contribution is -0.143. The summed E-state index contributed by atoms with van der Waals surface area (Å²) in [4.78, 5) is 24.0. The van der Waals surface area contributed by atoms with Crippen LogP contribution in [0.15, 0.2) is 91.0 Å². The van der Waals surface area contributed by atoms with Crippen LogP contribution in [0.25, 0.3) is 0 Å². The zero-order valence-electron chi connectivity index (χ0n) is 18.2. The first kappa shape index (κ1) is 24.2. The van der Waals surface area contributed by atoms with Crippen molar-refractivity contribution < 1.29 is 23.1 Å². The summed E-state index contributed by atoms with van der Waals surface area (Å²) in [6.45, 7) is 0. The van der Waals surface area contributed by atoms with Crippen LogP contribution in [-0.4, -0.2) is 42.0 Å². The van der Waals surface area contributed by atoms with Gasteiger partial charge in [-0.05, 0) is 23.1 Å². The number of aliphatic carboxylic acids is 1. The Balaban J connectivity index is 2.49. The molecule has 0 aliphatic carbocycles. The molecule has 3 aromatic rings. The number of sulfonamides is 1. The second kappa shape index (κ2) is 9.97. The molecule has 8 heteroatoms. The number of nitrogens with zero attached hydrogens (tertiary/aromatic N) is 1. The van der Waals surface area contributed by atoms with Crippen LogP contribution < -0.4 is 5.73 Å². The highest BCUT2D eigenvalue weighted by Gasteiger charge is 2.51. The molecule has 3 rings (SSSR count). The first-order valence-electron chi connectivity index (χ1n) is 10.4. The molecule has 0 aliphatic rings. The molecule has 0 spiro atoms. The van der Waals surface area contributed by atoms with Crippen LogP contribution in [0.1, 0.15) is 29.5 Å². The van der Waals surface area contributed by atoms with Gasteiger partial charge in [0, 0.05) is 6.42 Å². The number of carbonyl (C=O) groups excluding carboxylic acids is 1. The Hall–Kier alpha value is -3.49. The van der Waals surface area contributed by atoms with E-state index in [1.54, 1.807) is 91.0 Å². The van der Waals surface area contributed by atoms with Crippen LogP contribution in [0.5, 0.6) is 0 Å². The summed E-state index contributed by atoms with van der Waals surface area (Å²) in [5.41, 5.74) is 5.48. The topological polar surface area (TPSA) is 118 Å². The van der Waals surface area contributed by atoms with Gasteiger partial charge in [0.15, 0.2) is 0 Å². The summed E-state index contributed by atoms with van der Waals surface area (Å²) in [5.74, 6) is -2.08. The average Bonchev–Trinajstić information content (AvgIpc) is 2.79. The number of carboxylic acid groups (broad SMARTS) is 1. The van der Waals surface area contributed by atoms with E-state index in [2.05, 4.69) is 0 Å². The van der Waals surface area contributed by atoms with Gasteiger partial charge in [0.2, 0.25) is 15.9 Å². The van der Waals surface area contributed by atoms with E-state index in [-0.39, 0.29) is 12.8 Å². The zero-order chi connectivity index (χ0) is 24.1. The van der Waals surface area contributed by atoms with E-state index >= 15 is 0 Å². The maximum Gasteiger partial charge on any atom is 0.322 e. The average molecular weight is 467 g/mol. The van der Waals surface area contributed by atoms with E-state index in [0.29, 0.717) is 16.7 Å². The Morgan fingerprint density at radius 1 is 0.848 bits per heavy atom. The third-order valence-corrected chi connectivity index (χ3v) is 6.74. The molecule has 0 radical (unpaired) electrons. The van der Waals surface area contributed by atoms with Crippen LogP contribution in [0.4, 0.5) is 0 Å². The highest BCUT2D eigenvalue weighted by atomic mass is 32.2. The minimum Gasteiger partial charge on any atom is -0.480 e. The molecule has 0 aromatic heterocycles. The lowest BCUT2D eigenvalue weighted by Crippen LogP contribution is -2.58. The van der Waals surface area contributed by atoms with E-state index in [1.807, 2.05) is 0 Å². The number of benzene rings is 3. The van der Waals surface area contributed by atoms with Crippen molar-refractivity contribution in [2.24, 2.45) is 5.73 Å². The first-order valence-corrected chi connectivity index (χ1v) is 12.2. The van der Waals surface area contributed by atoms with Crippen LogP contribution in [-0.2, 0) is 25.2 Å². The third kappa shape index (κ3) is 4.97. The molecule has 7 nitrogen and oxygen atoms in total. The number of carbonyl (C=O) groups is 2. The van der Waals surface area contributed by atoms with Gasteiger partial charge < -0.3 is 10.8 Å².